The lowest BCUT2D eigenvalue weighted by Crippen LogP contribution is -2.29. The van der Waals surface area contributed by atoms with Gasteiger partial charge >= 0.3 is 0 Å². The van der Waals surface area contributed by atoms with Crippen LogP contribution in [0.5, 0.6) is 5.75 Å². The Morgan fingerprint density at radius 1 is 1.16 bits per heavy atom. The highest BCUT2D eigenvalue weighted by molar-refractivity contribution is 9.10. The molecule has 0 saturated carbocycles. The highest BCUT2D eigenvalue weighted by Gasteiger charge is 2.19. The summed E-state index contributed by atoms with van der Waals surface area (Å²) in [6.07, 6.45) is -0.394. The lowest BCUT2D eigenvalue weighted by Gasteiger charge is -2.23. The number of para-hydroxylation sites is 1. The van der Waals surface area contributed by atoms with Gasteiger partial charge in [0, 0.05) is 6.04 Å². The fourth-order valence-electron chi connectivity index (χ4n) is 1.84. The van der Waals surface area contributed by atoms with Crippen LogP contribution in [0, 0.1) is 5.82 Å². The molecule has 0 bridgehead atoms. The van der Waals surface area contributed by atoms with E-state index in [1.165, 1.54) is 12.1 Å². The van der Waals surface area contributed by atoms with E-state index >= 15 is 0 Å². The Hall–Kier alpha value is -1.39. The molecule has 2 aromatic carbocycles. The molecule has 0 fully saturated rings. The largest absolute Gasteiger partial charge is 0.483 e. The third-order valence-corrected chi connectivity index (χ3v) is 3.40. The molecule has 0 amide bonds. The lowest BCUT2D eigenvalue weighted by molar-refractivity contribution is 0.179. The second kappa shape index (κ2) is 6.17. The summed E-state index contributed by atoms with van der Waals surface area (Å²) in [4.78, 5) is 0. The van der Waals surface area contributed by atoms with E-state index in [0.29, 0.717) is 5.75 Å². The molecular formula is C15H15BrFNO. The maximum absolute atomic E-state index is 13.3. The van der Waals surface area contributed by atoms with Gasteiger partial charge in [-0.3, -0.25) is 0 Å². The highest BCUT2D eigenvalue weighted by Crippen LogP contribution is 2.30. The van der Waals surface area contributed by atoms with Crippen LogP contribution in [0.2, 0.25) is 0 Å². The number of rotatable bonds is 4. The van der Waals surface area contributed by atoms with Gasteiger partial charge in [-0.1, -0.05) is 24.3 Å². The molecule has 100 valence electrons. The quantitative estimate of drug-likeness (QED) is 0.921. The van der Waals surface area contributed by atoms with Crippen molar-refractivity contribution in [2.45, 2.75) is 19.1 Å². The Morgan fingerprint density at radius 3 is 2.53 bits per heavy atom. The summed E-state index contributed by atoms with van der Waals surface area (Å²) in [6, 6.07) is 13.6. The highest BCUT2D eigenvalue weighted by atomic mass is 79.9. The molecule has 2 rings (SSSR count). The van der Waals surface area contributed by atoms with Crippen molar-refractivity contribution in [3.63, 3.8) is 0 Å². The predicted octanol–water partition coefficient (Wildman–Crippen LogP) is 4.06. The summed E-state index contributed by atoms with van der Waals surface area (Å²) in [5, 5.41) is 0. The van der Waals surface area contributed by atoms with Gasteiger partial charge in [0.1, 0.15) is 17.7 Å². The molecule has 19 heavy (non-hydrogen) atoms. The van der Waals surface area contributed by atoms with Crippen molar-refractivity contribution < 1.29 is 9.13 Å². The maximum Gasteiger partial charge on any atom is 0.139 e. The molecular weight excluding hydrogens is 309 g/mol. The smallest absolute Gasteiger partial charge is 0.139 e. The van der Waals surface area contributed by atoms with Gasteiger partial charge in [-0.05, 0) is 52.7 Å². The van der Waals surface area contributed by atoms with Gasteiger partial charge < -0.3 is 10.5 Å². The molecule has 0 aliphatic carbocycles. The third kappa shape index (κ3) is 3.55. The summed E-state index contributed by atoms with van der Waals surface area (Å²) in [7, 11) is 0. The van der Waals surface area contributed by atoms with E-state index in [2.05, 4.69) is 15.9 Å². The van der Waals surface area contributed by atoms with E-state index in [9.17, 15) is 4.39 Å². The van der Waals surface area contributed by atoms with Crippen LogP contribution < -0.4 is 10.5 Å². The number of nitrogens with two attached hydrogens (primary N) is 1. The zero-order valence-corrected chi connectivity index (χ0v) is 12.1. The average molecular weight is 324 g/mol. The Kier molecular flexibility index (Phi) is 4.56. The zero-order chi connectivity index (χ0) is 13.8. The first-order chi connectivity index (χ1) is 9.08. The van der Waals surface area contributed by atoms with E-state index in [1.807, 2.05) is 37.3 Å². The minimum atomic E-state index is -0.394. The average Bonchev–Trinajstić information content (AvgIpc) is 2.37. The Morgan fingerprint density at radius 2 is 1.89 bits per heavy atom. The Bertz CT molecular complexity index is 559. The van der Waals surface area contributed by atoms with Crippen molar-refractivity contribution in [3.05, 3.63) is 64.4 Å². The zero-order valence-electron chi connectivity index (χ0n) is 10.5. The van der Waals surface area contributed by atoms with Gasteiger partial charge in [-0.15, -0.1) is 0 Å². The second-order valence-electron chi connectivity index (χ2n) is 4.38. The molecule has 0 aliphatic heterocycles. The molecule has 2 atom stereocenters. The minimum Gasteiger partial charge on any atom is -0.483 e. The van der Waals surface area contributed by atoms with E-state index in [4.69, 9.17) is 10.5 Å². The fourth-order valence-corrected chi connectivity index (χ4v) is 2.22. The van der Waals surface area contributed by atoms with Gasteiger partial charge in [0.2, 0.25) is 0 Å². The summed E-state index contributed by atoms with van der Waals surface area (Å²) < 4.78 is 20.1. The molecule has 2 unspecified atom stereocenters. The van der Waals surface area contributed by atoms with Crippen LogP contribution in [-0.4, -0.2) is 6.04 Å². The first-order valence-corrected chi connectivity index (χ1v) is 6.79. The normalized spacial score (nSPS) is 13.9. The number of benzene rings is 2. The lowest BCUT2D eigenvalue weighted by atomic mass is 10.0. The summed E-state index contributed by atoms with van der Waals surface area (Å²) in [6.45, 7) is 1.84. The van der Waals surface area contributed by atoms with Crippen LogP contribution in [0.25, 0.3) is 0 Å². The monoisotopic (exact) mass is 323 g/mol. The van der Waals surface area contributed by atoms with E-state index < -0.39 is 6.10 Å². The summed E-state index contributed by atoms with van der Waals surface area (Å²) in [5.41, 5.74) is 6.68. The molecule has 2 nitrogen and oxygen atoms in total. The molecule has 0 spiro atoms. The van der Waals surface area contributed by atoms with Crippen LogP contribution >= 0.6 is 15.9 Å². The summed E-state index contributed by atoms with van der Waals surface area (Å²) >= 11 is 3.42. The van der Waals surface area contributed by atoms with Crippen LogP contribution in [0.3, 0.4) is 0 Å². The number of halogens is 2. The molecule has 0 saturated heterocycles. The number of ether oxygens (including phenoxy) is 1. The number of hydrogen-bond donors (Lipinski definition) is 1. The van der Waals surface area contributed by atoms with Crippen molar-refractivity contribution >= 4 is 15.9 Å². The molecule has 0 aromatic heterocycles. The Balaban J connectivity index is 2.29. The van der Waals surface area contributed by atoms with E-state index in [0.717, 1.165) is 10.0 Å². The molecule has 0 radical (unpaired) electrons. The van der Waals surface area contributed by atoms with Crippen molar-refractivity contribution in [2.75, 3.05) is 0 Å². The maximum atomic E-state index is 13.3. The Labute approximate surface area is 120 Å². The SMILES string of the molecule is CC(N)C(Oc1ccccc1Br)c1cccc(F)c1. The van der Waals surface area contributed by atoms with Crippen LogP contribution in [-0.2, 0) is 0 Å². The van der Waals surface area contributed by atoms with Crippen LogP contribution in [0.15, 0.2) is 53.0 Å². The summed E-state index contributed by atoms with van der Waals surface area (Å²) in [5.74, 6) is 0.396. The van der Waals surface area contributed by atoms with E-state index in [1.54, 1.807) is 6.07 Å². The van der Waals surface area contributed by atoms with Crippen LogP contribution in [0.1, 0.15) is 18.6 Å². The third-order valence-electron chi connectivity index (χ3n) is 2.75. The van der Waals surface area contributed by atoms with Crippen molar-refractivity contribution in [1.82, 2.24) is 0 Å². The number of hydrogen-bond acceptors (Lipinski definition) is 2. The molecule has 2 aromatic rings. The first kappa shape index (κ1) is 14.0. The van der Waals surface area contributed by atoms with Gasteiger partial charge in [0.05, 0.1) is 4.47 Å². The van der Waals surface area contributed by atoms with Gasteiger partial charge in [-0.25, -0.2) is 4.39 Å². The van der Waals surface area contributed by atoms with Crippen molar-refractivity contribution in [3.8, 4) is 5.75 Å². The minimum absolute atomic E-state index is 0.256. The molecule has 2 N–H and O–H groups in total. The molecule has 0 heterocycles. The molecule has 0 aliphatic rings. The predicted molar refractivity (Wildman–Crippen MR) is 77.6 cm³/mol. The van der Waals surface area contributed by atoms with Crippen LogP contribution in [0.4, 0.5) is 4.39 Å². The van der Waals surface area contributed by atoms with E-state index in [-0.39, 0.29) is 11.9 Å². The van der Waals surface area contributed by atoms with Crippen molar-refractivity contribution in [1.29, 1.82) is 0 Å². The van der Waals surface area contributed by atoms with Gasteiger partial charge in [0.15, 0.2) is 0 Å². The fraction of sp³-hybridized carbons (Fsp3) is 0.200. The molecule has 4 heteroatoms. The van der Waals surface area contributed by atoms with Crippen molar-refractivity contribution in [2.24, 2.45) is 5.73 Å². The topological polar surface area (TPSA) is 35.2 Å². The second-order valence-corrected chi connectivity index (χ2v) is 5.24. The van der Waals surface area contributed by atoms with Gasteiger partial charge in [-0.2, -0.15) is 0 Å². The van der Waals surface area contributed by atoms with Gasteiger partial charge in [0.25, 0.3) is 0 Å². The first-order valence-electron chi connectivity index (χ1n) is 6.00. The standard InChI is InChI=1S/C15H15BrFNO/c1-10(18)15(11-5-4-6-12(17)9-11)19-14-8-3-2-7-13(14)16/h2-10,15H,18H2,1H3.